The summed E-state index contributed by atoms with van der Waals surface area (Å²) in [5.74, 6) is 1.43. The number of alkyl halides is 1. The Labute approximate surface area is 205 Å². The highest BCUT2D eigenvalue weighted by Crippen LogP contribution is 2.27. The summed E-state index contributed by atoms with van der Waals surface area (Å²) in [5.41, 5.74) is 2.80. The van der Waals surface area contributed by atoms with E-state index >= 15 is 0 Å². The van der Waals surface area contributed by atoms with Crippen LogP contribution in [0.25, 0.3) is 0 Å². The number of pyridine rings is 1. The number of anilines is 1. The molecule has 0 radical (unpaired) electrons. The molecule has 4 heterocycles. The minimum Gasteiger partial charge on any atom is -0.338 e. The number of carbonyl (C=O) groups is 1. The second-order valence-electron chi connectivity index (χ2n) is 9.29. The van der Waals surface area contributed by atoms with Crippen LogP contribution >= 0.6 is 11.8 Å². The third-order valence-corrected chi connectivity index (χ3v) is 8.30. The molecule has 182 valence electrons. The molecule has 2 aromatic heterocycles. The van der Waals surface area contributed by atoms with Gasteiger partial charge in [0.05, 0.1) is 17.9 Å². The Hall–Kier alpha value is -2.26. The molecular weight excluding hydrogens is 451 g/mol. The van der Waals surface area contributed by atoms with Gasteiger partial charge in [0.1, 0.15) is 5.03 Å². The lowest BCUT2D eigenvalue weighted by Crippen LogP contribution is -2.52. The minimum atomic E-state index is -0.354. The van der Waals surface area contributed by atoms with E-state index in [-0.39, 0.29) is 12.6 Å². The maximum atomic E-state index is 13.3. The highest BCUT2D eigenvalue weighted by molar-refractivity contribution is 7.99. The highest BCUT2D eigenvalue weighted by atomic mass is 32.2. The lowest BCUT2D eigenvalue weighted by molar-refractivity contribution is 0.0758. The van der Waals surface area contributed by atoms with Gasteiger partial charge in [-0.1, -0.05) is 6.42 Å². The van der Waals surface area contributed by atoms with Crippen molar-refractivity contribution in [3.05, 3.63) is 41.3 Å². The Morgan fingerprint density at radius 1 is 1.09 bits per heavy atom. The number of amides is 1. The Kier molecular flexibility index (Phi) is 7.59. The summed E-state index contributed by atoms with van der Waals surface area (Å²) in [7, 11) is 0. The van der Waals surface area contributed by atoms with Crippen LogP contribution in [0.4, 0.5) is 10.3 Å². The van der Waals surface area contributed by atoms with Crippen LogP contribution in [0.15, 0.2) is 29.6 Å². The monoisotopic (exact) mass is 484 g/mol. The van der Waals surface area contributed by atoms with E-state index in [1.54, 1.807) is 12.3 Å². The third kappa shape index (κ3) is 5.20. The SMILES string of the molecule is O=C(c1cccnc1SCCCF)N1CCc2cnc(N3CCN(C4CCC4)CC3)nc2CC1. The Bertz CT molecular complexity index is 995. The summed E-state index contributed by atoms with van der Waals surface area (Å²) in [4.78, 5) is 34.2. The molecule has 1 amide bonds. The molecule has 0 bridgehead atoms. The molecule has 5 rings (SSSR count). The van der Waals surface area contributed by atoms with Crippen LogP contribution in [0.1, 0.15) is 47.3 Å². The zero-order valence-electron chi connectivity index (χ0n) is 19.7. The molecule has 7 nitrogen and oxygen atoms in total. The first-order valence-electron chi connectivity index (χ1n) is 12.5. The van der Waals surface area contributed by atoms with Crippen molar-refractivity contribution in [1.82, 2.24) is 24.8 Å². The summed E-state index contributed by atoms with van der Waals surface area (Å²) < 4.78 is 12.5. The molecule has 0 aromatic carbocycles. The molecule has 1 saturated carbocycles. The lowest BCUT2D eigenvalue weighted by atomic mass is 9.91. The van der Waals surface area contributed by atoms with Crippen LogP contribution in [0.5, 0.6) is 0 Å². The molecule has 1 saturated heterocycles. The second-order valence-corrected chi connectivity index (χ2v) is 10.4. The van der Waals surface area contributed by atoms with Crippen molar-refractivity contribution in [2.24, 2.45) is 0 Å². The number of hydrogen-bond donors (Lipinski definition) is 0. The maximum absolute atomic E-state index is 13.3. The topological polar surface area (TPSA) is 65.5 Å². The van der Waals surface area contributed by atoms with Gasteiger partial charge in [0.15, 0.2) is 0 Å². The van der Waals surface area contributed by atoms with Crippen molar-refractivity contribution in [1.29, 1.82) is 0 Å². The largest absolute Gasteiger partial charge is 0.338 e. The van der Waals surface area contributed by atoms with Crippen LogP contribution in [0.3, 0.4) is 0 Å². The zero-order chi connectivity index (χ0) is 23.3. The summed E-state index contributed by atoms with van der Waals surface area (Å²) in [6, 6.07) is 4.41. The molecule has 0 atom stereocenters. The van der Waals surface area contributed by atoms with Crippen molar-refractivity contribution in [2.75, 3.05) is 56.6 Å². The van der Waals surface area contributed by atoms with Gasteiger partial charge in [-0.05, 0) is 43.4 Å². The molecule has 1 aliphatic carbocycles. The number of aromatic nitrogens is 3. The molecule has 0 N–H and O–H groups in total. The molecule has 0 spiro atoms. The Morgan fingerprint density at radius 2 is 1.91 bits per heavy atom. The van der Waals surface area contributed by atoms with Crippen LogP contribution < -0.4 is 4.90 Å². The summed E-state index contributed by atoms with van der Waals surface area (Å²) in [6.07, 6.45) is 9.67. The minimum absolute atomic E-state index is 0.0102. The van der Waals surface area contributed by atoms with Gasteiger partial charge in [0.2, 0.25) is 5.95 Å². The molecule has 3 aliphatic rings. The predicted octanol–water partition coefficient (Wildman–Crippen LogP) is 3.24. The number of piperazine rings is 1. The van der Waals surface area contributed by atoms with Crippen molar-refractivity contribution >= 4 is 23.6 Å². The third-order valence-electron chi connectivity index (χ3n) is 7.20. The van der Waals surface area contributed by atoms with E-state index in [1.165, 1.54) is 31.0 Å². The molecule has 2 fully saturated rings. The maximum Gasteiger partial charge on any atom is 0.256 e. The fourth-order valence-corrected chi connectivity index (χ4v) is 5.81. The van der Waals surface area contributed by atoms with Crippen LogP contribution in [-0.2, 0) is 12.8 Å². The Morgan fingerprint density at radius 3 is 2.68 bits per heavy atom. The van der Waals surface area contributed by atoms with Crippen LogP contribution in [0, 0.1) is 0 Å². The molecular formula is C25H33FN6OS. The van der Waals surface area contributed by atoms with Gasteiger partial charge in [-0.25, -0.2) is 15.0 Å². The lowest BCUT2D eigenvalue weighted by Gasteiger charge is -2.43. The van der Waals surface area contributed by atoms with E-state index in [0.717, 1.165) is 62.3 Å². The van der Waals surface area contributed by atoms with E-state index in [0.29, 0.717) is 35.9 Å². The fraction of sp³-hybridized carbons (Fsp3) is 0.600. The van der Waals surface area contributed by atoms with Gasteiger partial charge >= 0.3 is 0 Å². The molecule has 0 unspecified atom stereocenters. The van der Waals surface area contributed by atoms with E-state index in [4.69, 9.17) is 9.97 Å². The van der Waals surface area contributed by atoms with E-state index in [9.17, 15) is 9.18 Å². The Balaban J connectivity index is 1.22. The van der Waals surface area contributed by atoms with Gasteiger partial charge < -0.3 is 9.80 Å². The van der Waals surface area contributed by atoms with E-state index in [1.807, 2.05) is 17.2 Å². The van der Waals surface area contributed by atoms with E-state index < -0.39 is 0 Å². The fourth-order valence-electron chi connectivity index (χ4n) is 4.92. The molecule has 2 aromatic rings. The summed E-state index contributed by atoms with van der Waals surface area (Å²) in [5, 5.41) is 0.686. The average Bonchev–Trinajstić information content (AvgIpc) is 3.06. The number of hydrogen-bond acceptors (Lipinski definition) is 7. The van der Waals surface area contributed by atoms with Gasteiger partial charge in [0.25, 0.3) is 5.91 Å². The highest BCUT2D eigenvalue weighted by Gasteiger charge is 2.29. The van der Waals surface area contributed by atoms with E-state index in [2.05, 4.69) is 14.8 Å². The number of halogens is 1. The first-order valence-corrected chi connectivity index (χ1v) is 13.5. The first kappa shape index (κ1) is 23.5. The van der Waals surface area contributed by atoms with Crippen molar-refractivity contribution in [3.8, 4) is 0 Å². The number of nitrogens with zero attached hydrogens (tertiary/aromatic N) is 6. The van der Waals surface area contributed by atoms with Crippen molar-refractivity contribution in [2.45, 2.75) is 49.6 Å². The van der Waals surface area contributed by atoms with Gasteiger partial charge in [-0.15, -0.1) is 11.8 Å². The summed E-state index contributed by atoms with van der Waals surface area (Å²) >= 11 is 1.45. The van der Waals surface area contributed by atoms with Gasteiger partial charge in [-0.3, -0.25) is 14.1 Å². The van der Waals surface area contributed by atoms with Gasteiger partial charge in [-0.2, -0.15) is 0 Å². The second kappa shape index (κ2) is 11.0. The average molecular weight is 485 g/mol. The standard InChI is InChI=1S/C25H33FN6OS/c26-9-3-17-34-23-21(6-2-10-27-23)24(33)31-11-7-19-18-28-25(29-22(19)8-12-31)32-15-13-30(14-16-32)20-4-1-5-20/h2,6,10,18,20H,1,3-5,7-9,11-17H2. The normalized spacial score (nSPS) is 19.4. The van der Waals surface area contributed by atoms with Crippen molar-refractivity contribution in [3.63, 3.8) is 0 Å². The molecule has 2 aliphatic heterocycles. The zero-order valence-corrected chi connectivity index (χ0v) is 20.5. The number of rotatable bonds is 7. The molecule has 34 heavy (non-hydrogen) atoms. The van der Waals surface area contributed by atoms with Crippen molar-refractivity contribution < 1.29 is 9.18 Å². The molecule has 9 heteroatoms. The predicted molar refractivity (Wildman–Crippen MR) is 132 cm³/mol. The first-order chi connectivity index (χ1) is 16.7. The smallest absolute Gasteiger partial charge is 0.256 e. The number of thioether (sulfide) groups is 1. The number of carbonyl (C=O) groups excluding carboxylic acids is 1. The number of fused-ring (bicyclic) bond motifs is 1. The van der Waals surface area contributed by atoms with Gasteiger partial charge in [0, 0.05) is 69.9 Å². The van der Waals surface area contributed by atoms with Crippen LogP contribution in [0.2, 0.25) is 0 Å². The van der Waals surface area contributed by atoms with Crippen LogP contribution in [-0.4, -0.2) is 88.4 Å². The summed E-state index contributed by atoms with van der Waals surface area (Å²) in [6.45, 7) is 5.04. The quantitative estimate of drug-likeness (QED) is 0.442.